The van der Waals surface area contributed by atoms with Gasteiger partial charge in [0, 0.05) is 19.2 Å². The number of aliphatic hydroxyl groups is 1. The van der Waals surface area contributed by atoms with Crippen molar-refractivity contribution in [1.82, 2.24) is 5.32 Å². The van der Waals surface area contributed by atoms with Crippen molar-refractivity contribution in [3.63, 3.8) is 0 Å². The molecule has 1 aliphatic rings. The molecule has 2 N–H and O–H groups in total. The molecule has 1 aliphatic carbocycles. The van der Waals surface area contributed by atoms with Crippen molar-refractivity contribution in [2.75, 3.05) is 13.2 Å². The third-order valence-corrected chi connectivity index (χ3v) is 4.09. The lowest BCUT2D eigenvalue weighted by molar-refractivity contribution is 0.153. The first kappa shape index (κ1) is 14.0. The topological polar surface area (TPSA) is 56.0 Å². The molecule has 2 rings (SSSR count). The zero-order chi connectivity index (χ0) is 13.5. The lowest BCUT2D eigenvalue weighted by Crippen LogP contribution is -2.41. The van der Waals surface area contributed by atoms with E-state index in [0.717, 1.165) is 18.4 Å². The SMILES string of the molecule is N#CC(CNC1CCCCC1CO)c1ccccc1. The number of nitrogens with zero attached hydrogens (tertiary/aromatic N) is 1. The minimum atomic E-state index is -0.109. The van der Waals surface area contributed by atoms with Gasteiger partial charge in [-0.25, -0.2) is 0 Å². The number of hydrogen-bond acceptors (Lipinski definition) is 3. The summed E-state index contributed by atoms with van der Waals surface area (Å²) in [5, 5.41) is 22.2. The van der Waals surface area contributed by atoms with Gasteiger partial charge in [-0.2, -0.15) is 5.26 Å². The average molecular weight is 258 g/mol. The summed E-state index contributed by atoms with van der Waals surface area (Å²) in [5.74, 6) is 0.242. The molecule has 3 unspecified atom stereocenters. The standard InChI is InChI=1S/C16H22N2O/c17-10-15(13-6-2-1-3-7-13)11-18-16-9-5-4-8-14(16)12-19/h1-3,6-7,14-16,18-19H,4-5,8-9,11-12H2. The van der Waals surface area contributed by atoms with Crippen LogP contribution in [0.15, 0.2) is 30.3 Å². The molecule has 0 saturated heterocycles. The summed E-state index contributed by atoms with van der Waals surface area (Å²) in [6.07, 6.45) is 4.63. The van der Waals surface area contributed by atoms with Crippen LogP contribution in [0.4, 0.5) is 0 Å². The van der Waals surface area contributed by atoms with E-state index in [1.807, 2.05) is 30.3 Å². The van der Waals surface area contributed by atoms with Crippen LogP contribution in [0, 0.1) is 17.2 Å². The second kappa shape index (κ2) is 7.28. The van der Waals surface area contributed by atoms with Gasteiger partial charge in [0.25, 0.3) is 0 Å². The van der Waals surface area contributed by atoms with Crippen molar-refractivity contribution >= 4 is 0 Å². The molecule has 0 heterocycles. The summed E-state index contributed by atoms with van der Waals surface area (Å²) in [4.78, 5) is 0. The fourth-order valence-electron chi connectivity index (χ4n) is 2.89. The van der Waals surface area contributed by atoms with E-state index in [-0.39, 0.29) is 12.5 Å². The molecule has 0 aliphatic heterocycles. The number of aliphatic hydroxyl groups excluding tert-OH is 1. The fourth-order valence-corrected chi connectivity index (χ4v) is 2.89. The molecule has 0 radical (unpaired) electrons. The second-order valence-electron chi connectivity index (χ2n) is 5.33. The van der Waals surface area contributed by atoms with Crippen molar-refractivity contribution in [3.05, 3.63) is 35.9 Å². The van der Waals surface area contributed by atoms with Gasteiger partial charge in [-0.3, -0.25) is 0 Å². The first-order valence-corrected chi connectivity index (χ1v) is 7.14. The number of hydrogen-bond donors (Lipinski definition) is 2. The Morgan fingerprint density at radius 2 is 2.00 bits per heavy atom. The highest BCUT2D eigenvalue weighted by Crippen LogP contribution is 2.24. The zero-order valence-corrected chi connectivity index (χ0v) is 11.3. The Morgan fingerprint density at radius 1 is 1.26 bits per heavy atom. The summed E-state index contributed by atoms with van der Waals surface area (Å²) in [5.41, 5.74) is 1.06. The van der Waals surface area contributed by atoms with Gasteiger partial charge < -0.3 is 10.4 Å². The van der Waals surface area contributed by atoms with E-state index in [2.05, 4.69) is 11.4 Å². The molecule has 3 nitrogen and oxygen atoms in total. The highest BCUT2D eigenvalue weighted by Gasteiger charge is 2.24. The molecule has 19 heavy (non-hydrogen) atoms. The van der Waals surface area contributed by atoms with E-state index in [9.17, 15) is 10.4 Å². The van der Waals surface area contributed by atoms with Crippen molar-refractivity contribution in [2.45, 2.75) is 37.6 Å². The maximum absolute atomic E-state index is 9.40. The first-order chi connectivity index (χ1) is 9.35. The molecule has 0 bridgehead atoms. The van der Waals surface area contributed by atoms with E-state index >= 15 is 0 Å². The molecule has 0 spiro atoms. The molecular weight excluding hydrogens is 236 g/mol. The van der Waals surface area contributed by atoms with E-state index in [1.165, 1.54) is 12.8 Å². The van der Waals surface area contributed by atoms with Gasteiger partial charge in [0.05, 0.1) is 12.0 Å². The van der Waals surface area contributed by atoms with Crippen LogP contribution in [-0.4, -0.2) is 24.3 Å². The van der Waals surface area contributed by atoms with Gasteiger partial charge in [-0.15, -0.1) is 0 Å². The molecule has 0 amide bonds. The minimum Gasteiger partial charge on any atom is -0.396 e. The van der Waals surface area contributed by atoms with E-state index in [1.54, 1.807) is 0 Å². The Balaban J connectivity index is 1.91. The van der Waals surface area contributed by atoms with Gasteiger partial charge in [0.1, 0.15) is 0 Å². The minimum absolute atomic E-state index is 0.109. The van der Waals surface area contributed by atoms with Gasteiger partial charge in [0.2, 0.25) is 0 Å². The lowest BCUT2D eigenvalue weighted by atomic mass is 9.84. The predicted molar refractivity (Wildman–Crippen MR) is 75.6 cm³/mol. The maximum atomic E-state index is 9.40. The second-order valence-corrected chi connectivity index (χ2v) is 5.33. The van der Waals surface area contributed by atoms with Crippen LogP contribution in [0.5, 0.6) is 0 Å². The lowest BCUT2D eigenvalue weighted by Gasteiger charge is -2.31. The van der Waals surface area contributed by atoms with Gasteiger partial charge in [-0.05, 0) is 24.3 Å². The fraction of sp³-hybridized carbons (Fsp3) is 0.562. The Labute approximate surface area is 115 Å². The van der Waals surface area contributed by atoms with Crippen LogP contribution in [0.25, 0.3) is 0 Å². The van der Waals surface area contributed by atoms with E-state index < -0.39 is 0 Å². The van der Waals surface area contributed by atoms with Crippen LogP contribution in [0.2, 0.25) is 0 Å². The normalized spacial score (nSPS) is 24.6. The van der Waals surface area contributed by atoms with Gasteiger partial charge in [-0.1, -0.05) is 43.2 Å². The Kier molecular flexibility index (Phi) is 5.38. The van der Waals surface area contributed by atoms with Crippen LogP contribution in [0.1, 0.15) is 37.2 Å². The zero-order valence-electron chi connectivity index (χ0n) is 11.3. The van der Waals surface area contributed by atoms with Crippen LogP contribution >= 0.6 is 0 Å². The molecule has 3 heteroatoms. The van der Waals surface area contributed by atoms with Gasteiger partial charge >= 0.3 is 0 Å². The summed E-state index contributed by atoms with van der Waals surface area (Å²) in [7, 11) is 0. The Hall–Kier alpha value is -1.37. The van der Waals surface area contributed by atoms with Crippen LogP contribution in [0.3, 0.4) is 0 Å². The molecular formula is C16H22N2O. The van der Waals surface area contributed by atoms with E-state index in [4.69, 9.17) is 0 Å². The molecule has 0 aromatic heterocycles. The summed E-state index contributed by atoms with van der Waals surface area (Å²) < 4.78 is 0. The van der Waals surface area contributed by atoms with Crippen molar-refractivity contribution in [3.8, 4) is 6.07 Å². The van der Waals surface area contributed by atoms with Crippen LogP contribution < -0.4 is 5.32 Å². The summed E-state index contributed by atoms with van der Waals surface area (Å²) in [6.45, 7) is 0.919. The van der Waals surface area contributed by atoms with Gasteiger partial charge in [0.15, 0.2) is 0 Å². The monoisotopic (exact) mass is 258 g/mol. The number of benzene rings is 1. The quantitative estimate of drug-likeness (QED) is 0.853. The summed E-state index contributed by atoms with van der Waals surface area (Å²) in [6, 6.07) is 12.6. The third kappa shape index (κ3) is 3.79. The predicted octanol–water partition coefficient (Wildman–Crippen LogP) is 2.43. The average Bonchev–Trinajstić information content (AvgIpc) is 2.49. The third-order valence-electron chi connectivity index (χ3n) is 4.09. The van der Waals surface area contributed by atoms with E-state index in [0.29, 0.717) is 18.5 Å². The molecule has 1 saturated carbocycles. The molecule has 1 fully saturated rings. The first-order valence-electron chi connectivity index (χ1n) is 7.14. The molecule has 1 aromatic carbocycles. The van der Waals surface area contributed by atoms with Crippen molar-refractivity contribution in [2.24, 2.45) is 5.92 Å². The highest BCUT2D eigenvalue weighted by molar-refractivity contribution is 5.25. The number of nitriles is 1. The maximum Gasteiger partial charge on any atom is 0.0837 e. The Morgan fingerprint density at radius 3 is 2.68 bits per heavy atom. The smallest absolute Gasteiger partial charge is 0.0837 e. The highest BCUT2D eigenvalue weighted by atomic mass is 16.3. The van der Waals surface area contributed by atoms with Crippen LogP contribution in [-0.2, 0) is 0 Å². The molecule has 102 valence electrons. The molecule has 1 aromatic rings. The van der Waals surface area contributed by atoms with Crippen molar-refractivity contribution < 1.29 is 5.11 Å². The Bertz CT molecular complexity index is 413. The number of nitrogens with one attached hydrogen (secondary N) is 1. The molecule has 3 atom stereocenters. The summed E-state index contributed by atoms with van der Waals surface area (Å²) >= 11 is 0. The number of rotatable bonds is 5. The van der Waals surface area contributed by atoms with Crippen molar-refractivity contribution in [1.29, 1.82) is 5.26 Å². The largest absolute Gasteiger partial charge is 0.396 e.